The number of rotatable bonds is 11. The minimum absolute atomic E-state index is 0.0866. The van der Waals surface area contributed by atoms with Crippen molar-refractivity contribution in [3.05, 3.63) is 54.1 Å². The van der Waals surface area contributed by atoms with E-state index in [4.69, 9.17) is 4.74 Å². The zero-order chi connectivity index (χ0) is 23.7. The molecule has 0 heterocycles. The van der Waals surface area contributed by atoms with Crippen LogP contribution < -0.4 is 10.1 Å². The van der Waals surface area contributed by atoms with Crippen LogP contribution in [-0.2, 0) is 14.8 Å². The van der Waals surface area contributed by atoms with E-state index in [1.807, 2.05) is 13.8 Å². The molecule has 2 rings (SSSR count). The van der Waals surface area contributed by atoms with Crippen molar-refractivity contribution in [3.8, 4) is 5.75 Å². The maximum atomic E-state index is 12.7. The molecule has 0 radical (unpaired) electrons. The molecule has 174 valence electrons. The van der Waals surface area contributed by atoms with Gasteiger partial charge in [-0.2, -0.15) is 0 Å². The second kappa shape index (κ2) is 11.6. The fraction of sp³-hybridized carbons (Fsp3) is 0.391. The highest BCUT2D eigenvalue weighted by Crippen LogP contribution is 2.19. The molecule has 0 saturated heterocycles. The third-order valence-corrected chi connectivity index (χ3v) is 6.96. The van der Waals surface area contributed by atoms with Crippen LogP contribution in [0.3, 0.4) is 0 Å². The van der Waals surface area contributed by atoms with Gasteiger partial charge >= 0.3 is 0 Å². The number of methoxy groups -OCH3 is 1. The molecule has 0 aliphatic heterocycles. The number of nitrogens with zero attached hydrogens (tertiary/aromatic N) is 2. The first-order valence-electron chi connectivity index (χ1n) is 10.5. The second-order valence-corrected chi connectivity index (χ2v) is 9.26. The van der Waals surface area contributed by atoms with E-state index in [-0.39, 0.29) is 29.7 Å². The summed E-state index contributed by atoms with van der Waals surface area (Å²) in [6.45, 7) is 5.25. The van der Waals surface area contributed by atoms with Crippen LogP contribution in [0.1, 0.15) is 37.0 Å². The molecule has 32 heavy (non-hydrogen) atoms. The Morgan fingerprint density at radius 1 is 1.03 bits per heavy atom. The van der Waals surface area contributed by atoms with Crippen LogP contribution in [0.15, 0.2) is 53.4 Å². The number of nitrogens with one attached hydrogen (secondary N) is 1. The number of hydrogen-bond donors (Lipinski definition) is 1. The first-order valence-corrected chi connectivity index (χ1v) is 12.0. The molecule has 2 aromatic rings. The second-order valence-electron chi connectivity index (χ2n) is 7.21. The van der Waals surface area contributed by atoms with Gasteiger partial charge in [0.25, 0.3) is 5.91 Å². The standard InChI is InChI=1S/C23H31N3O5S/c1-5-26(6-2)23(28)18-9-7-10-19(17-18)24-22(27)11-8-16-25(3)32(29,30)21-14-12-20(31-4)13-15-21/h7,9-10,12-15,17H,5-6,8,11,16H2,1-4H3,(H,24,27). The fourth-order valence-corrected chi connectivity index (χ4v) is 4.37. The molecule has 1 N–H and O–H groups in total. The van der Waals surface area contributed by atoms with E-state index in [0.717, 1.165) is 0 Å². The summed E-state index contributed by atoms with van der Waals surface area (Å²) in [7, 11) is -0.646. The van der Waals surface area contributed by atoms with Crippen LogP contribution in [0.2, 0.25) is 0 Å². The van der Waals surface area contributed by atoms with Crippen molar-refractivity contribution >= 4 is 27.5 Å². The molecule has 2 amide bonds. The van der Waals surface area contributed by atoms with Gasteiger partial charge in [-0.1, -0.05) is 6.07 Å². The number of sulfonamides is 1. The lowest BCUT2D eigenvalue weighted by Gasteiger charge is -2.19. The third-order valence-electron chi connectivity index (χ3n) is 5.09. The van der Waals surface area contributed by atoms with Gasteiger partial charge in [0.15, 0.2) is 0 Å². The van der Waals surface area contributed by atoms with Crippen LogP contribution in [0, 0.1) is 0 Å². The molecule has 0 atom stereocenters. The van der Waals surface area contributed by atoms with Gasteiger partial charge in [0.05, 0.1) is 12.0 Å². The van der Waals surface area contributed by atoms with E-state index < -0.39 is 10.0 Å². The Bertz CT molecular complexity index is 1020. The maximum Gasteiger partial charge on any atom is 0.253 e. The summed E-state index contributed by atoms with van der Waals surface area (Å²) in [5.74, 6) is 0.246. The normalized spacial score (nSPS) is 11.3. The van der Waals surface area contributed by atoms with Crippen molar-refractivity contribution in [2.45, 2.75) is 31.6 Å². The number of carbonyl (C=O) groups is 2. The van der Waals surface area contributed by atoms with Crippen molar-refractivity contribution in [1.29, 1.82) is 0 Å². The molecular weight excluding hydrogens is 430 g/mol. The quantitative estimate of drug-likeness (QED) is 0.554. The Labute approximate surface area is 190 Å². The highest BCUT2D eigenvalue weighted by molar-refractivity contribution is 7.89. The topological polar surface area (TPSA) is 96.0 Å². The van der Waals surface area contributed by atoms with E-state index in [2.05, 4.69) is 5.32 Å². The Morgan fingerprint density at radius 3 is 2.28 bits per heavy atom. The van der Waals surface area contributed by atoms with E-state index in [0.29, 0.717) is 36.5 Å². The lowest BCUT2D eigenvalue weighted by atomic mass is 10.1. The van der Waals surface area contributed by atoms with Crippen molar-refractivity contribution in [1.82, 2.24) is 9.21 Å². The lowest BCUT2D eigenvalue weighted by molar-refractivity contribution is -0.116. The van der Waals surface area contributed by atoms with Gasteiger partial charge < -0.3 is 15.0 Å². The first-order chi connectivity index (χ1) is 15.2. The Hall–Kier alpha value is -2.91. The molecule has 8 nitrogen and oxygen atoms in total. The molecule has 9 heteroatoms. The molecule has 0 aliphatic rings. The van der Waals surface area contributed by atoms with Crippen LogP contribution in [0.4, 0.5) is 5.69 Å². The van der Waals surface area contributed by atoms with Crippen LogP contribution >= 0.6 is 0 Å². The Balaban J connectivity index is 1.90. The molecular formula is C23H31N3O5S. The summed E-state index contributed by atoms with van der Waals surface area (Å²) in [6.07, 6.45) is 0.506. The average Bonchev–Trinajstić information content (AvgIpc) is 2.79. The van der Waals surface area contributed by atoms with Crippen molar-refractivity contribution in [2.75, 3.05) is 39.1 Å². The average molecular weight is 462 g/mol. The van der Waals surface area contributed by atoms with Gasteiger partial charge in [0.1, 0.15) is 5.75 Å². The molecule has 0 aromatic heterocycles. The highest BCUT2D eigenvalue weighted by Gasteiger charge is 2.20. The van der Waals surface area contributed by atoms with Crippen molar-refractivity contribution in [2.24, 2.45) is 0 Å². The number of benzene rings is 2. The van der Waals surface area contributed by atoms with Gasteiger partial charge in [0, 0.05) is 44.4 Å². The largest absolute Gasteiger partial charge is 0.497 e. The molecule has 0 bridgehead atoms. The Kier molecular flexibility index (Phi) is 9.22. The SMILES string of the molecule is CCN(CC)C(=O)c1cccc(NC(=O)CCCN(C)S(=O)(=O)c2ccc(OC)cc2)c1. The summed E-state index contributed by atoms with van der Waals surface area (Å²) in [4.78, 5) is 26.7. The van der Waals surface area contributed by atoms with Gasteiger partial charge in [-0.3, -0.25) is 9.59 Å². The molecule has 0 spiro atoms. The summed E-state index contributed by atoms with van der Waals surface area (Å²) in [6, 6.07) is 13.0. The molecule has 0 saturated carbocycles. The Morgan fingerprint density at radius 2 is 1.69 bits per heavy atom. The summed E-state index contributed by atoms with van der Waals surface area (Å²) in [5.41, 5.74) is 1.05. The number of carbonyl (C=O) groups excluding carboxylic acids is 2. The zero-order valence-corrected chi connectivity index (χ0v) is 19.8. The molecule has 2 aromatic carbocycles. The number of anilines is 1. The highest BCUT2D eigenvalue weighted by atomic mass is 32.2. The first kappa shape index (κ1) is 25.4. The number of hydrogen-bond acceptors (Lipinski definition) is 5. The third kappa shape index (κ3) is 6.54. The molecule has 0 fully saturated rings. The molecule has 0 aliphatic carbocycles. The monoisotopic (exact) mass is 461 g/mol. The summed E-state index contributed by atoms with van der Waals surface area (Å²) in [5, 5.41) is 2.78. The maximum absolute atomic E-state index is 12.7. The van der Waals surface area contributed by atoms with E-state index in [1.165, 1.54) is 30.6 Å². The smallest absolute Gasteiger partial charge is 0.253 e. The van der Waals surface area contributed by atoms with E-state index >= 15 is 0 Å². The predicted molar refractivity (Wildman–Crippen MR) is 124 cm³/mol. The zero-order valence-electron chi connectivity index (χ0n) is 19.0. The van der Waals surface area contributed by atoms with Crippen LogP contribution in [-0.4, -0.2) is 63.2 Å². The minimum atomic E-state index is -3.65. The lowest BCUT2D eigenvalue weighted by Crippen LogP contribution is -2.30. The van der Waals surface area contributed by atoms with Gasteiger partial charge in [-0.25, -0.2) is 12.7 Å². The van der Waals surface area contributed by atoms with Gasteiger partial charge in [-0.15, -0.1) is 0 Å². The van der Waals surface area contributed by atoms with Gasteiger partial charge in [0.2, 0.25) is 15.9 Å². The van der Waals surface area contributed by atoms with Crippen molar-refractivity contribution < 1.29 is 22.7 Å². The predicted octanol–water partition coefficient (Wildman–Crippen LogP) is 3.22. The summed E-state index contributed by atoms with van der Waals surface area (Å²) < 4.78 is 31.6. The fourth-order valence-electron chi connectivity index (χ4n) is 3.16. The van der Waals surface area contributed by atoms with Crippen molar-refractivity contribution in [3.63, 3.8) is 0 Å². The van der Waals surface area contributed by atoms with Crippen LogP contribution in [0.5, 0.6) is 5.75 Å². The van der Waals surface area contributed by atoms with E-state index in [9.17, 15) is 18.0 Å². The minimum Gasteiger partial charge on any atom is -0.497 e. The molecule has 0 unspecified atom stereocenters. The van der Waals surface area contributed by atoms with Crippen LogP contribution in [0.25, 0.3) is 0 Å². The summed E-state index contributed by atoms with van der Waals surface area (Å²) >= 11 is 0. The van der Waals surface area contributed by atoms with E-state index in [1.54, 1.807) is 41.3 Å². The number of ether oxygens (including phenoxy) is 1. The number of amides is 2. The van der Waals surface area contributed by atoms with Gasteiger partial charge in [-0.05, 0) is 62.7 Å².